The zero-order valence-electron chi connectivity index (χ0n) is 14.9. The number of alkyl halides is 3. The van der Waals surface area contributed by atoms with Gasteiger partial charge in [0.15, 0.2) is 0 Å². The molecule has 0 aliphatic carbocycles. The second-order valence-corrected chi connectivity index (χ2v) is 6.22. The highest BCUT2D eigenvalue weighted by atomic mass is 19.4. The Kier molecular flexibility index (Phi) is 5.12. The maximum absolute atomic E-state index is 12.6. The molecule has 0 spiro atoms. The maximum atomic E-state index is 12.6. The molecule has 0 unspecified atom stereocenters. The van der Waals surface area contributed by atoms with Gasteiger partial charge in [-0.15, -0.1) is 0 Å². The van der Waals surface area contributed by atoms with Crippen LogP contribution in [0.3, 0.4) is 0 Å². The highest BCUT2D eigenvalue weighted by Crippen LogP contribution is 2.29. The third-order valence-electron chi connectivity index (χ3n) is 4.46. The first-order valence-electron chi connectivity index (χ1n) is 8.40. The number of rotatable bonds is 5. The second-order valence-electron chi connectivity index (χ2n) is 6.22. The first kappa shape index (κ1) is 18.8. The van der Waals surface area contributed by atoms with E-state index in [-0.39, 0.29) is 5.56 Å². The van der Waals surface area contributed by atoms with Crippen LogP contribution in [0.5, 0.6) is 5.75 Å². The molecular weight excluding hydrogens is 357 g/mol. The van der Waals surface area contributed by atoms with Crippen LogP contribution in [0.2, 0.25) is 0 Å². The first-order chi connectivity index (χ1) is 12.8. The quantitative estimate of drug-likeness (QED) is 0.690. The van der Waals surface area contributed by atoms with Gasteiger partial charge in [0, 0.05) is 28.7 Å². The maximum Gasteiger partial charge on any atom is 0.416 e. The van der Waals surface area contributed by atoms with Gasteiger partial charge in [-0.05, 0) is 61.4 Å². The SMILES string of the molecule is COc1ccc2[nH]c(C)c(CCNC(=O)c3ccc(C(F)(F)F)cc3)c2c1. The largest absolute Gasteiger partial charge is 0.497 e. The fraction of sp³-hybridized carbons (Fsp3) is 0.250. The van der Waals surface area contributed by atoms with E-state index in [2.05, 4.69) is 10.3 Å². The van der Waals surface area contributed by atoms with Crippen LogP contribution < -0.4 is 10.1 Å². The molecule has 0 fully saturated rings. The summed E-state index contributed by atoms with van der Waals surface area (Å²) in [5.41, 5.74) is 2.47. The minimum Gasteiger partial charge on any atom is -0.497 e. The Morgan fingerprint density at radius 2 is 1.85 bits per heavy atom. The summed E-state index contributed by atoms with van der Waals surface area (Å²) in [7, 11) is 1.60. The summed E-state index contributed by atoms with van der Waals surface area (Å²) in [6.45, 7) is 2.32. The van der Waals surface area contributed by atoms with Crippen molar-refractivity contribution in [2.24, 2.45) is 0 Å². The van der Waals surface area contributed by atoms with Crippen molar-refractivity contribution in [3.05, 3.63) is 64.8 Å². The number of carbonyl (C=O) groups is 1. The summed E-state index contributed by atoms with van der Waals surface area (Å²) in [5, 5.41) is 3.77. The molecule has 0 aliphatic heterocycles. The van der Waals surface area contributed by atoms with Gasteiger partial charge in [-0.3, -0.25) is 4.79 Å². The Bertz CT molecular complexity index is 960. The van der Waals surface area contributed by atoms with Crippen molar-refractivity contribution >= 4 is 16.8 Å². The van der Waals surface area contributed by atoms with Crippen molar-refractivity contribution in [1.29, 1.82) is 0 Å². The van der Waals surface area contributed by atoms with Crippen molar-refractivity contribution in [2.45, 2.75) is 19.5 Å². The molecule has 7 heteroatoms. The Hall–Kier alpha value is -2.96. The molecule has 2 aromatic carbocycles. The number of amides is 1. The van der Waals surface area contributed by atoms with Crippen LogP contribution in [0.25, 0.3) is 10.9 Å². The van der Waals surface area contributed by atoms with Crippen molar-refractivity contribution in [3.8, 4) is 5.75 Å². The molecule has 3 rings (SSSR count). The fourth-order valence-electron chi connectivity index (χ4n) is 3.02. The van der Waals surface area contributed by atoms with Gasteiger partial charge in [0.25, 0.3) is 5.91 Å². The van der Waals surface area contributed by atoms with E-state index in [9.17, 15) is 18.0 Å². The van der Waals surface area contributed by atoms with Crippen LogP contribution in [0.1, 0.15) is 27.2 Å². The molecule has 1 aromatic heterocycles. The average Bonchev–Trinajstić information content (AvgIpc) is 2.95. The molecule has 2 N–H and O–H groups in total. The molecule has 0 radical (unpaired) electrons. The van der Waals surface area contributed by atoms with Gasteiger partial charge in [-0.1, -0.05) is 0 Å². The van der Waals surface area contributed by atoms with Crippen LogP contribution in [0.4, 0.5) is 13.2 Å². The Morgan fingerprint density at radius 1 is 1.15 bits per heavy atom. The lowest BCUT2D eigenvalue weighted by Gasteiger charge is -2.09. The molecule has 0 atom stereocenters. The topological polar surface area (TPSA) is 54.1 Å². The van der Waals surface area contributed by atoms with Crippen molar-refractivity contribution < 1.29 is 22.7 Å². The van der Waals surface area contributed by atoms with Crippen molar-refractivity contribution in [1.82, 2.24) is 10.3 Å². The van der Waals surface area contributed by atoms with E-state index in [1.54, 1.807) is 7.11 Å². The van der Waals surface area contributed by atoms with Gasteiger partial charge in [-0.25, -0.2) is 0 Å². The molecule has 3 aromatic rings. The molecule has 142 valence electrons. The number of methoxy groups -OCH3 is 1. The van der Waals surface area contributed by atoms with Gasteiger partial charge in [0.2, 0.25) is 0 Å². The lowest BCUT2D eigenvalue weighted by atomic mass is 10.1. The van der Waals surface area contributed by atoms with E-state index < -0.39 is 17.6 Å². The molecule has 4 nitrogen and oxygen atoms in total. The summed E-state index contributed by atoms with van der Waals surface area (Å²) in [6, 6.07) is 9.92. The van der Waals surface area contributed by atoms with E-state index in [0.29, 0.717) is 13.0 Å². The lowest BCUT2D eigenvalue weighted by Crippen LogP contribution is -2.25. The summed E-state index contributed by atoms with van der Waals surface area (Å²) < 4.78 is 43.0. The molecule has 0 bridgehead atoms. The lowest BCUT2D eigenvalue weighted by molar-refractivity contribution is -0.137. The third-order valence-corrected chi connectivity index (χ3v) is 4.46. The Balaban J connectivity index is 1.67. The number of hydrogen-bond acceptors (Lipinski definition) is 2. The summed E-state index contributed by atoms with van der Waals surface area (Å²) in [6.07, 6.45) is -3.83. The fourth-order valence-corrected chi connectivity index (χ4v) is 3.02. The van der Waals surface area contributed by atoms with Crippen LogP contribution in [0.15, 0.2) is 42.5 Å². The standard InChI is InChI=1S/C20H19F3N2O2/c1-12-16(17-11-15(27-2)7-8-18(17)25-12)9-10-24-19(26)13-3-5-14(6-4-13)20(21,22)23/h3-8,11,25H,9-10H2,1-2H3,(H,24,26). The van der Waals surface area contributed by atoms with Gasteiger partial charge in [0.1, 0.15) is 5.75 Å². The highest BCUT2D eigenvalue weighted by Gasteiger charge is 2.30. The predicted molar refractivity (Wildman–Crippen MR) is 97.1 cm³/mol. The van der Waals surface area contributed by atoms with Crippen molar-refractivity contribution in [2.75, 3.05) is 13.7 Å². The predicted octanol–water partition coefficient (Wildman–Crippen LogP) is 4.48. The van der Waals surface area contributed by atoms with E-state index in [0.717, 1.165) is 40.0 Å². The normalized spacial score (nSPS) is 11.6. The number of ether oxygens (including phenoxy) is 1. The zero-order valence-corrected chi connectivity index (χ0v) is 14.9. The number of fused-ring (bicyclic) bond motifs is 1. The number of aromatic amines is 1. The number of aromatic nitrogens is 1. The Morgan fingerprint density at radius 3 is 2.48 bits per heavy atom. The molecular formula is C20H19F3N2O2. The number of hydrogen-bond donors (Lipinski definition) is 2. The van der Waals surface area contributed by atoms with Gasteiger partial charge in [0.05, 0.1) is 12.7 Å². The van der Waals surface area contributed by atoms with Crippen LogP contribution in [-0.2, 0) is 12.6 Å². The van der Waals surface area contributed by atoms with Gasteiger partial charge < -0.3 is 15.0 Å². The monoisotopic (exact) mass is 376 g/mol. The van der Waals surface area contributed by atoms with E-state index in [1.807, 2.05) is 25.1 Å². The van der Waals surface area contributed by atoms with E-state index >= 15 is 0 Å². The molecule has 1 heterocycles. The molecule has 0 aliphatic rings. The highest BCUT2D eigenvalue weighted by molar-refractivity contribution is 5.94. The number of carbonyl (C=O) groups excluding carboxylic acids is 1. The van der Waals surface area contributed by atoms with Crippen molar-refractivity contribution in [3.63, 3.8) is 0 Å². The summed E-state index contributed by atoms with van der Waals surface area (Å²) in [4.78, 5) is 15.5. The van der Waals surface area contributed by atoms with Gasteiger partial charge in [-0.2, -0.15) is 13.2 Å². The first-order valence-corrected chi connectivity index (χ1v) is 8.40. The zero-order chi connectivity index (χ0) is 19.6. The molecule has 1 amide bonds. The molecule has 0 saturated heterocycles. The minimum atomic E-state index is -4.41. The number of halogens is 3. The minimum absolute atomic E-state index is 0.195. The van der Waals surface area contributed by atoms with Crippen LogP contribution >= 0.6 is 0 Å². The average molecular weight is 376 g/mol. The molecule has 27 heavy (non-hydrogen) atoms. The number of aryl methyl sites for hydroxylation is 1. The number of benzene rings is 2. The van der Waals surface area contributed by atoms with E-state index in [1.165, 1.54) is 12.1 Å². The van der Waals surface area contributed by atoms with Crippen LogP contribution in [-0.4, -0.2) is 24.5 Å². The summed E-state index contributed by atoms with van der Waals surface area (Å²) >= 11 is 0. The number of H-pyrrole nitrogens is 1. The number of nitrogens with one attached hydrogen (secondary N) is 2. The van der Waals surface area contributed by atoms with Crippen LogP contribution in [0, 0.1) is 6.92 Å². The molecule has 0 saturated carbocycles. The van der Waals surface area contributed by atoms with E-state index in [4.69, 9.17) is 4.74 Å². The Labute approximate surface area is 154 Å². The third kappa shape index (κ3) is 4.07. The summed E-state index contributed by atoms with van der Waals surface area (Å²) in [5.74, 6) is 0.343. The van der Waals surface area contributed by atoms with Gasteiger partial charge >= 0.3 is 6.18 Å². The smallest absolute Gasteiger partial charge is 0.416 e. The second kappa shape index (κ2) is 7.34.